The van der Waals surface area contributed by atoms with Gasteiger partial charge in [0.2, 0.25) is 0 Å². The number of carbonyl (C=O) groups excluding carboxylic acids is 1. The number of nitrogens with zero attached hydrogens (tertiary/aromatic N) is 1. The van der Waals surface area contributed by atoms with E-state index in [9.17, 15) is 9.90 Å². The van der Waals surface area contributed by atoms with Crippen LogP contribution in [0.25, 0.3) is 0 Å². The molecule has 0 saturated carbocycles. The van der Waals surface area contributed by atoms with E-state index in [2.05, 4.69) is 22.9 Å². The number of carbonyl (C=O) groups is 1. The summed E-state index contributed by atoms with van der Waals surface area (Å²) >= 11 is 3.61. The van der Waals surface area contributed by atoms with E-state index in [4.69, 9.17) is 0 Å². The summed E-state index contributed by atoms with van der Waals surface area (Å²) in [5.41, 5.74) is 0.405. The van der Waals surface area contributed by atoms with Gasteiger partial charge in [-0.3, -0.25) is 4.79 Å². The van der Waals surface area contributed by atoms with Crippen LogP contribution in [0.1, 0.15) is 30.1 Å². The Labute approximate surface area is 116 Å². The molecule has 0 radical (unpaired) electrons. The van der Waals surface area contributed by atoms with Gasteiger partial charge in [0.1, 0.15) is 5.75 Å². The predicted molar refractivity (Wildman–Crippen MR) is 75.1 cm³/mol. The molecule has 1 aliphatic rings. The Balaban J connectivity index is 2.02. The van der Waals surface area contributed by atoms with Crippen LogP contribution in [0.4, 0.5) is 0 Å². The SMILES string of the molecule is CC(Br)C1CCN(C(=O)c2ccccc2O)CC1. The van der Waals surface area contributed by atoms with Crippen LogP contribution in [0.5, 0.6) is 5.75 Å². The third kappa shape index (κ3) is 2.86. The first-order chi connectivity index (χ1) is 8.59. The molecule has 18 heavy (non-hydrogen) atoms. The molecule has 0 spiro atoms. The van der Waals surface area contributed by atoms with Crippen molar-refractivity contribution >= 4 is 21.8 Å². The number of hydrogen-bond donors (Lipinski definition) is 1. The molecule has 1 aromatic carbocycles. The molecule has 4 heteroatoms. The third-order valence-corrected chi connectivity index (χ3v) is 4.36. The zero-order valence-corrected chi connectivity index (χ0v) is 12.1. The van der Waals surface area contributed by atoms with Crippen molar-refractivity contribution in [3.05, 3.63) is 29.8 Å². The van der Waals surface area contributed by atoms with Crippen LogP contribution in [0.3, 0.4) is 0 Å². The lowest BCUT2D eigenvalue weighted by Gasteiger charge is -2.33. The van der Waals surface area contributed by atoms with Crippen molar-refractivity contribution < 1.29 is 9.90 Å². The average molecular weight is 312 g/mol. The van der Waals surface area contributed by atoms with Gasteiger partial charge >= 0.3 is 0 Å². The lowest BCUT2D eigenvalue weighted by molar-refractivity contribution is 0.0688. The third-order valence-electron chi connectivity index (χ3n) is 3.61. The van der Waals surface area contributed by atoms with E-state index in [1.165, 1.54) is 0 Å². The number of amides is 1. The monoisotopic (exact) mass is 311 g/mol. The number of aromatic hydroxyl groups is 1. The van der Waals surface area contributed by atoms with Gasteiger partial charge in [-0.05, 0) is 30.9 Å². The van der Waals surface area contributed by atoms with Crippen LogP contribution >= 0.6 is 15.9 Å². The fraction of sp³-hybridized carbons (Fsp3) is 0.500. The summed E-state index contributed by atoms with van der Waals surface area (Å²) in [6, 6.07) is 6.74. The molecule has 1 saturated heterocycles. The molecule has 0 bridgehead atoms. The molecule has 1 aromatic rings. The van der Waals surface area contributed by atoms with Crippen molar-refractivity contribution in [2.45, 2.75) is 24.6 Å². The Morgan fingerprint density at radius 3 is 2.56 bits per heavy atom. The molecule has 1 heterocycles. The minimum Gasteiger partial charge on any atom is -0.507 e. The maximum Gasteiger partial charge on any atom is 0.257 e. The number of phenolic OH excluding ortho intramolecular Hbond substituents is 1. The minimum absolute atomic E-state index is 0.0613. The maximum absolute atomic E-state index is 12.3. The normalized spacial score (nSPS) is 18.7. The quantitative estimate of drug-likeness (QED) is 0.853. The number of hydrogen-bond acceptors (Lipinski definition) is 2. The molecule has 98 valence electrons. The molecular weight excluding hydrogens is 294 g/mol. The van der Waals surface area contributed by atoms with Crippen LogP contribution in [0.2, 0.25) is 0 Å². The highest BCUT2D eigenvalue weighted by molar-refractivity contribution is 9.09. The van der Waals surface area contributed by atoms with Crippen molar-refractivity contribution in [3.63, 3.8) is 0 Å². The molecule has 3 nitrogen and oxygen atoms in total. The molecule has 1 N–H and O–H groups in total. The first kappa shape index (κ1) is 13.4. The van der Waals surface area contributed by atoms with Gasteiger partial charge in [0.05, 0.1) is 5.56 Å². The molecule has 2 rings (SSSR count). The van der Waals surface area contributed by atoms with Crippen LogP contribution in [0.15, 0.2) is 24.3 Å². The summed E-state index contributed by atoms with van der Waals surface area (Å²) in [7, 11) is 0. The number of rotatable bonds is 2. The van der Waals surface area contributed by atoms with E-state index in [1.54, 1.807) is 24.3 Å². The van der Waals surface area contributed by atoms with Gasteiger partial charge in [0.25, 0.3) is 5.91 Å². The zero-order valence-electron chi connectivity index (χ0n) is 10.5. The largest absolute Gasteiger partial charge is 0.507 e. The molecule has 0 aliphatic carbocycles. The second-order valence-corrected chi connectivity index (χ2v) is 6.27. The number of alkyl halides is 1. The Bertz CT molecular complexity index is 426. The van der Waals surface area contributed by atoms with E-state index < -0.39 is 0 Å². The van der Waals surface area contributed by atoms with E-state index in [1.807, 2.05) is 4.90 Å². The fourth-order valence-corrected chi connectivity index (χ4v) is 2.92. The predicted octanol–water partition coefficient (Wildman–Crippen LogP) is 3.03. The second kappa shape index (κ2) is 5.74. The highest BCUT2D eigenvalue weighted by Gasteiger charge is 2.26. The van der Waals surface area contributed by atoms with Crippen molar-refractivity contribution in [2.24, 2.45) is 5.92 Å². The summed E-state index contributed by atoms with van der Waals surface area (Å²) < 4.78 is 0. The minimum atomic E-state index is -0.0613. The first-order valence-electron chi connectivity index (χ1n) is 6.31. The van der Waals surface area contributed by atoms with Crippen molar-refractivity contribution in [1.29, 1.82) is 0 Å². The lowest BCUT2D eigenvalue weighted by Crippen LogP contribution is -2.39. The molecule has 1 fully saturated rings. The number of phenols is 1. The van der Waals surface area contributed by atoms with Gasteiger partial charge in [-0.1, -0.05) is 35.0 Å². The smallest absolute Gasteiger partial charge is 0.257 e. The summed E-state index contributed by atoms with van der Waals surface area (Å²) in [6.45, 7) is 3.70. The summed E-state index contributed by atoms with van der Waals surface area (Å²) in [6.07, 6.45) is 2.04. The molecule has 1 aliphatic heterocycles. The topological polar surface area (TPSA) is 40.5 Å². The highest BCUT2D eigenvalue weighted by Crippen LogP contribution is 2.27. The first-order valence-corrected chi connectivity index (χ1v) is 7.22. The van der Waals surface area contributed by atoms with Crippen LogP contribution in [0, 0.1) is 5.92 Å². The van der Waals surface area contributed by atoms with Gasteiger partial charge in [-0.2, -0.15) is 0 Å². The van der Waals surface area contributed by atoms with Gasteiger partial charge < -0.3 is 10.0 Å². The van der Waals surface area contributed by atoms with Crippen molar-refractivity contribution in [3.8, 4) is 5.75 Å². The molecular formula is C14H18BrNO2. The van der Waals surface area contributed by atoms with Crippen LogP contribution < -0.4 is 0 Å². The molecule has 1 amide bonds. The van der Waals surface area contributed by atoms with Crippen molar-refractivity contribution in [1.82, 2.24) is 4.90 Å². The number of likely N-dealkylation sites (tertiary alicyclic amines) is 1. The van der Waals surface area contributed by atoms with Crippen LogP contribution in [-0.4, -0.2) is 33.8 Å². The van der Waals surface area contributed by atoms with Crippen LogP contribution in [-0.2, 0) is 0 Å². The van der Waals surface area contributed by atoms with E-state index >= 15 is 0 Å². The van der Waals surface area contributed by atoms with E-state index in [0.717, 1.165) is 25.9 Å². The zero-order chi connectivity index (χ0) is 13.1. The summed E-state index contributed by atoms with van der Waals surface area (Å²) in [5.74, 6) is 0.644. The Hall–Kier alpha value is -1.03. The average Bonchev–Trinajstić information content (AvgIpc) is 2.38. The van der Waals surface area contributed by atoms with E-state index in [-0.39, 0.29) is 11.7 Å². The molecule has 1 atom stereocenters. The summed E-state index contributed by atoms with van der Waals surface area (Å²) in [4.78, 5) is 14.6. The van der Waals surface area contributed by atoms with Crippen molar-refractivity contribution in [2.75, 3.05) is 13.1 Å². The Morgan fingerprint density at radius 1 is 1.39 bits per heavy atom. The van der Waals surface area contributed by atoms with E-state index in [0.29, 0.717) is 16.3 Å². The Morgan fingerprint density at radius 2 is 2.00 bits per heavy atom. The number of halogens is 1. The standard InChI is InChI=1S/C14H18BrNO2/c1-10(15)11-6-8-16(9-7-11)14(18)12-4-2-3-5-13(12)17/h2-5,10-11,17H,6-9H2,1H3. The number of piperidine rings is 1. The fourth-order valence-electron chi connectivity index (χ4n) is 2.39. The molecule has 0 aromatic heterocycles. The van der Waals surface area contributed by atoms with Gasteiger partial charge in [0.15, 0.2) is 0 Å². The van der Waals surface area contributed by atoms with Gasteiger partial charge in [-0.25, -0.2) is 0 Å². The second-order valence-electron chi connectivity index (χ2n) is 4.82. The number of para-hydroxylation sites is 1. The summed E-state index contributed by atoms with van der Waals surface area (Å²) in [5, 5.41) is 9.70. The molecule has 1 unspecified atom stereocenters. The van der Waals surface area contributed by atoms with Gasteiger partial charge in [-0.15, -0.1) is 0 Å². The maximum atomic E-state index is 12.3. The number of benzene rings is 1. The lowest BCUT2D eigenvalue weighted by atomic mass is 9.94. The Kier molecular flexibility index (Phi) is 4.27. The van der Waals surface area contributed by atoms with Gasteiger partial charge in [0, 0.05) is 17.9 Å². The highest BCUT2D eigenvalue weighted by atomic mass is 79.9.